The Morgan fingerprint density at radius 2 is 1.81 bits per heavy atom. The second kappa shape index (κ2) is 6.76. The predicted octanol–water partition coefficient (Wildman–Crippen LogP) is 1.99. The first-order valence-corrected chi connectivity index (χ1v) is 6.98. The van der Waals surface area contributed by atoms with Crippen LogP contribution in [-0.4, -0.2) is 26.5 Å². The summed E-state index contributed by atoms with van der Waals surface area (Å²) in [6, 6.07) is 14.0. The number of nitrogens with one attached hydrogen (secondary N) is 1. The molecule has 21 heavy (non-hydrogen) atoms. The highest BCUT2D eigenvalue weighted by Gasteiger charge is 2.02. The smallest absolute Gasteiger partial charge is 0.0969 e. The van der Waals surface area contributed by atoms with E-state index in [4.69, 9.17) is 0 Å². The van der Waals surface area contributed by atoms with E-state index in [1.165, 1.54) is 5.56 Å². The van der Waals surface area contributed by atoms with Crippen LogP contribution in [0.4, 0.5) is 0 Å². The lowest BCUT2D eigenvalue weighted by atomic mass is 10.2. The molecule has 2 heterocycles. The Morgan fingerprint density at radius 3 is 2.62 bits per heavy atom. The fourth-order valence-corrected chi connectivity index (χ4v) is 2.06. The highest BCUT2D eigenvalue weighted by atomic mass is 15.5. The molecule has 0 saturated carbocycles. The summed E-state index contributed by atoms with van der Waals surface area (Å²) in [6.45, 7) is 1.63. The number of pyridine rings is 1. The Kier molecular flexibility index (Phi) is 4.33. The summed E-state index contributed by atoms with van der Waals surface area (Å²) in [7, 11) is 0. The van der Waals surface area contributed by atoms with Crippen LogP contribution in [0.2, 0.25) is 0 Å². The first kappa shape index (κ1) is 13.5. The van der Waals surface area contributed by atoms with Gasteiger partial charge in [-0.15, -0.1) is 0 Å². The van der Waals surface area contributed by atoms with Gasteiger partial charge < -0.3 is 5.32 Å². The Labute approximate surface area is 123 Å². The van der Waals surface area contributed by atoms with E-state index in [-0.39, 0.29) is 0 Å². The first-order chi connectivity index (χ1) is 10.4. The average molecular weight is 279 g/mol. The number of hydrogen-bond donors (Lipinski definition) is 1. The zero-order chi connectivity index (χ0) is 14.3. The van der Waals surface area contributed by atoms with Crippen LogP contribution in [0.1, 0.15) is 11.3 Å². The molecule has 0 fully saturated rings. The van der Waals surface area contributed by atoms with Crippen LogP contribution in [0, 0.1) is 0 Å². The Morgan fingerprint density at radius 1 is 1.00 bits per heavy atom. The lowest BCUT2D eigenvalue weighted by Crippen LogP contribution is -2.17. The van der Waals surface area contributed by atoms with Crippen LogP contribution in [-0.2, 0) is 13.0 Å². The van der Waals surface area contributed by atoms with Crippen molar-refractivity contribution >= 4 is 0 Å². The van der Waals surface area contributed by atoms with Crippen molar-refractivity contribution in [3.63, 3.8) is 0 Å². The topological polar surface area (TPSA) is 55.6 Å². The minimum Gasteiger partial charge on any atom is -0.311 e. The fourth-order valence-electron chi connectivity index (χ4n) is 2.06. The van der Waals surface area contributed by atoms with E-state index >= 15 is 0 Å². The highest BCUT2D eigenvalue weighted by molar-refractivity contribution is 5.28. The van der Waals surface area contributed by atoms with Gasteiger partial charge in [0.2, 0.25) is 0 Å². The molecule has 0 atom stereocenters. The van der Waals surface area contributed by atoms with Gasteiger partial charge in [-0.3, -0.25) is 4.98 Å². The van der Waals surface area contributed by atoms with Gasteiger partial charge in [0.1, 0.15) is 0 Å². The average Bonchev–Trinajstić information content (AvgIpc) is 3.02. The van der Waals surface area contributed by atoms with Crippen LogP contribution in [0.3, 0.4) is 0 Å². The predicted molar refractivity (Wildman–Crippen MR) is 81.0 cm³/mol. The molecular weight excluding hydrogens is 262 g/mol. The maximum atomic E-state index is 4.46. The van der Waals surface area contributed by atoms with E-state index < -0.39 is 0 Å². The van der Waals surface area contributed by atoms with Crippen LogP contribution < -0.4 is 5.32 Å². The zero-order valence-electron chi connectivity index (χ0n) is 11.7. The number of aromatic nitrogens is 4. The van der Waals surface area contributed by atoms with Crippen molar-refractivity contribution in [2.45, 2.75) is 13.0 Å². The molecule has 1 N–H and O–H groups in total. The molecule has 0 aliphatic rings. The standard InChI is InChI=1S/C16H17N5/c1-2-4-16(5-3-1)21-19-13-15(20-21)12-18-11-8-14-6-9-17-10-7-14/h1-7,9-10,13,18H,8,11-12H2. The molecule has 2 aromatic heterocycles. The SMILES string of the molecule is c1ccc(-n2ncc(CNCCc3ccncc3)n2)cc1. The maximum Gasteiger partial charge on any atom is 0.0969 e. The number of benzene rings is 1. The summed E-state index contributed by atoms with van der Waals surface area (Å²) < 4.78 is 0. The van der Waals surface area contributed by atoms with Crippen molar-refractivity contribution < 1.29 is 0 Å². The van der Waals surface area contributed by atoms with Crippen LogP contribution >= 0.6 is 0 Å². The molecule has 0 aliphatic carbocycles. The molecule has 0 bridgehead atoms. The molecule has 0 amide bonds. The third-order valence-corrected chi connectivity index (χ3v) is 3.17. The molecule has 0 aliphatic heterocycles. The lowest BCUT2D eigenvalue weighted by Gasteiger charge is -2.02. The minimum absolute atomic E-state index is 0.720. The summed E-state index contributed by atoms with van der Waals surface area (Å²) in [6.07, 6.45) is 6.42. The van der Waals surface area contributed by atoms with E-state index in [1.807, 2.05) is 54.9 Å². The molecule has 3 aromatic rings. The van der Waals surface area contributed by atoms with E-state index in [9.17, 15) is 0 Å². The molecule has 106 valence electrons. The molecule has 3 rings (SSSR count). The summed E-state index contributed by atoms with van der Waals surface area (Å²) in [4.78, 5) is 5.66. The van der Waals surface area contributed by atoms with Crippen molar-refractivity contribution in [1.82, 2.24) is 25.3 Å². The normalized spacial score (nSPS) is 10.7. The van der Waals surface area contributed by atoms with Gasteiger partial charge in [0.15, 0.2) is 0 Å². The maximum absolute atomic E-state index is 4.46. The molecular formula is C16H17N5. The summed E-state index contributed by atoms with van der Waals surface area (Å²) in [5.41, 5.74) is 3.19. The summed E-state index contributed by atoms with van der Waals surface area (Å²) in [5.74, 6) is 0. The number of nitrogens with zero attached hydrogens (tertiary/aromatic N) is 4. The van der Waals surface area contributed by atoms with Gasteiger partial charge in [0, 0.05) is 18.9 Å². The van der Waals surface area contributed by atoms with Gasteiger partial charge in [0.25, 0.3) is 0 Å². The quantitative estimate of drug-likeness (QED) is 0.701. The van der Waals surface area contributed by atoms with E-state index in [0.717, 1.165) is 30.9 Å². The molecule has 1 aromatic carbocycles. The van der Waals surface area contributed by atoms with Crippen LogP contribution in [0.5, 0.6) is 0 Å². The lowest BCUT2D eigenvalue weighted by molar-refractivity contribution is 0.659. The Balaban J connectivity index is 1.49. The molecule has 0 saturated heterocycles. The van der Waals surface area contributed by atoms with Crippen LogP contribution in [0.25, 0.3) is 5.69 Å². The summed E-state index contributed by atoms with van der Waals surface area (Å²) >= 11 is 0. The number of rotatable bonds is 6. The number of para-hydroxylation sites is 1. The first-order valence-electron chi connectivity index (χ1n) is 6.98. The minimum atomic E-state index is 0.720. The Bertz CT molecular complexity index is 663. The van der Waals surface area contributed by atoms with Crippen LogP contribution in [0.15, 0.2) is 61.1 Å². The van der Waals surface area contributed by atoms with Crippen molar-refractivity contribution in [2.75, 3.05) is 6.54 Å². The van der Waals surface area contributed by atoms with Crippen molar-refractivity contribution in [3.8, 4) is 5.69 Å². The Hall–Kier alpha value is -2.53. The van der Waals surface area contributed by atoms with E-state index in [1.54, 1.807) is 11.0 Å². The van der Waals surface area contributed by atoms with Gasteiger partial charge in [0.05, 0.1) is 17.6 Å². The molecule has 5 heteroatoms. The monoisotopic (exact) mass is 279 g/mol. The van der Waals surface area contributed by atoms with E-state index in [0.29, 0.717) is 0 Å². The molecule has 5 nitrogen and oxygen atoms in total. The van der Waals surface area contributed by atoms with Gasteiger partial charge in [-0.2, -0.15) is 15.0 Å². The summed E-state index contributed by atoms with van der Waals surface area (Å²) in [5, 5.41) is 12.1. The van der Waals surface area contributed by atoms with Gasteiger partial charge in [-0.1, -0.05) is 18.2 Å². The molecule has 0 unspecified atom stereocenters. The van der Waals surface area contributed by atoms with Crippen molar-refractivity contribution in [3.05, 3.63) is 72.3 Å². The van der Waals surface area contributed by atoms with Gasteiger partial charge in [-0.25, -0.2) is 0 Å². The largest absolute Gasteiger partial charge is 0.311 e. The van der Waals surface area contributed by atoms with Crippen molar-refractivity contribution in [2.24, 2.45) is 0 Å². The fraction of sp³-hybridized carbons (Fsp3) is 0.188. The number of hydrogen-bond acceptors (Lipinski definition) is 4. The van der Waals surface area contributed by atoms with E-state index in [2.05, 4.69) is 20.5 Å². The van der Waals surface area contributed by atoms with Gasteiger partial charge in [-0.05, 0) is 42.8 Å². The third kappa shape index (κ3) is 3.73. The third-order valence-electron chi connectivity index (χ3n) is 3.17. The van der Waals surface area contributed by atoms with Gasteiger partial charge >= 0.3 is 0 Å². The second-order valence-electron chi connectivity index (χ2n) is 4.74. The highest BCUT2D eigenvalue weighted by Crippen LogP contribution is 2.04. The molecule has 0 spiro atoms. The second-order valence-corrected chi connectivity index (χ2v) is 4.74. The zero-order valence-corrected chi connectivity index (χ0v) is 11.7. The molecule has 0 radical (unpaired) electrons. The van der Waals surface area contributed by atoms with Crippen molar-refractivity contribution in [1.29, 1.82) is 0 Å².